The van der Waals surface area contributed by atoms with E-state index in [9.17, 15) is 4.79 Å². The molecule has 570 valence electrons. The summed E-state index contributed by atoms with van der Waals surface area (Å²) in [4.78, 5) is 9.59. The van der Waals surface area contributed by atoms with E-state index < -0.39 is 61.0 Å². The Kier molecular flexibility index (Phi) is 46.4. The number of carbonyl (C=O) groups excluding carboxylic acids is 1. The Morgan fingerprint density at radius 1 is 0.315 bits per heavy atom. The molecule has 0 radical (unpaired) electrons. The van der Waals surface area contributed by atoms with Crippen LogP contribution in [0.4, 0.5) is 0 Å². The molecule has 10 aromatic rings. The van der Waals surface area contributed by atoms with Gasteiger partial charge >= 0.3 is 24.8 Å². The number of para-hydroxylation sites is 2. The zero-order chi connectivity index (χ0) is 74.9. The van der Waals surface area contributed by atoms with E-state index in [-0.39, 0.29) is 63.4 Å². The van der Waals surface area contributed by atoms with Gasteiger partial charge < -0.3 is 68.1 Å². The van der Waals surface area contributed by atoms with E-state index in [0.717, 1.165) is 56.0 Å². The van der Waals surface area contributed by atoms with Crippen LogP contribution < -0.4 is 28.3 Å². The summed E-state index contributed by atoms with van der Waals surface area (Å²) in [5.41, 5.74) is 8.57. The molecule has 10 atom stereocenters. The molecule has 2 heterocycles. The molecular formula is C91H112AlLiO15. The standard InChI is InChI=1S/2C41H42O6.C3H6O2.C2H6O.2C2H6.Al.Li.4H/c2*1-6-16-32(17-7-1)26-42-30-37-39(44-27-33-18-8-2-9-19-33)41(46-29-35-22-12-4-13-23-35)40(45-28-34-20-10-3-11-21-34)38(47-37)31-43-36-24-14-5-15-25-36;1-3(4)5-2;1-2-3;2*1-2;;;;;;/h2*1-25,37-41H,26-31H2;1-2H3;3H,2H2,1H3;2*1-2H3;;;;;;/q;;;;;;;+1;;;;-1/t2*37-,38+,39-,40+,41+;;;;;;;;;;/m11........../s1. The molecule has 12 rings (SSSR count). The SMILES string of the molecule is CC.CC.CCO.COC(C)=O.[AlH3].[H-].[Li+].c1ccc(COC[C@H]2O[C@@H](COc3ccccc3)[C@H](OCc3ccccc3)[C@@H](OCc3ccccc3)[C@@H]2OCc2ccccc2)cc1.c1ccc(COC[C@H]2O[C@@H](COc3ccccc3)[C@H](OCc3ccccc3)[C@@H](OCc3ccccc3)[C@@H]2OCc2ccccc2)cc1. The molecule has 2 fully saturated rings. The van der Waals surface area contributed by atoms with Crippen molar-refractivity contribution in [3.8, 4) is 11.5 Å². The van der Waals surface area contributed by atoms with E-state index in [2.05, 4.69) is 102 Å². The van der Waals surface area contributed by atoms with Crippen molar-refractivity contribution in [2.45, 2.75) is 155 Å². The molecule has 15 nitrogen and oxygen atoms in total. The minimum atomic E-state index is -0.492. The Labute approximate surface area is 665 Å². The van der Waals surface area contributed by atoms with Gasteiger partial charge in [-0.15, -0.1) is 0 Å². The van der Waals surface area contributed by atoms with E-state index in [1.54, 1.807) is 6.92 Å². The van der Waals surface area contributed by atoms with Crippen LogP contribution in [0.3, 0.4) is 0 Å². The first-order valence-corrected chi connectivity index (χ1v) is 36.8. The van der Waals surface area contributed by atoms with Crippen LogP contribution >= 0.6 is 0 Å². The van der Waals surface area contributed by atoms with E-state index >= 15 is 0 Å². The number of methoxy groups -OCH3 is 1. The van der Waals surface area contributed by atoms with Crippen molar-refractivity contribution in [1.82, 2.24) is 0 Å². The summed E-state index contributed by atoms with van der Waals surface area (Å²) in [6, 6.07) is 101. The van der Waals surface area contributed by atoms with Crippen LogP contribution in [0.5, 0.6) is 11.5 Å². The number of hydrogen-bond donors (Lipinski definition) is 1. The van der Waals surface area contributed by atoms with Gasteiger partial charge in [0.1, 0.15) is 85.8 Å². The summed E-state index contributed by atoms with van der Waals surface area (Å²) in [6.45, 7) is 15.7. The van der Waals surface area contributed by atoms with Gasteiger partial charge in [0, 0.05) is 13.5 Å². The molecule has 0 aromatic heterocycles. The van der Waals surface area contributed by atoms with Crippen LogP contribution in [0.25, 0.3) is 0 Å². The molecule has 2 aliphatic heterocycles. The molecule has 0 spiro atoms. The molecular weight excluding hydrogens is 1370 g/mol. The number of rotatable bonds is 32. The summed E-state index contributed by atoms with van der Waals surface area (Å²) in [5.74, 6) is 1.28. The van der Waals surface area contributed by atoms with Crippen LogP contribution in [-0.4, -0.2) is 130 Å². The number of hydrogen-bond acceptors (Lipinski definition) is 15. The fourth-order valence-corrected chi connectivity index (χ4v) is 11.4. The molecule has 10 aromatic carbocycles. The molecule has 108 heavy (non-hydrogen) atoms. The summed E-state index contributed by atoms with van der Waals surface area (Å²) in [7, 11) is 1.35. The average molecular weight is 1480 g/mol. The smallest absolute Gasteiger partial charge is 1.00 e. The second-order valence-electron chi connectivity index (χ2n) is 24.3. The first-order chi connectivity index (χ1) is 52.3. The average Bonchev–Trinajstić information content (AvgIpc) is 0.793. The van der Waals surface area contributed by atoms with Crippen LogP contribution in [-0.2, 0) is 110 Å². The normalized spacial score (nSPS) is 18.8. The molecule has 0 bridgehead atoms. The maximum atomic E-state index is 9.59. The third-order valence-electron chi connectivity index (χ3n) is 16.6. The van der Waals surface area contributed by atoms with Gasteiger partial charge in [-0.2, -0.15) is 0 Å². The van der Waals surface area contributed by atoms with E-state index in [0.29, 0.717) is 66.1 Å². The summed E-state index contributed by atoms with van der Waals surface area (Å²) in [6.07, 6.45) is -4.71. The molecule has 0 unspecified atom stereocenters. The van der Waals surface area contributed by atoms with Crippen molar-refractivity contribution in [3.63, 3.8) is 0 Å². The van der Waals surface area contributed by atoms with Gasteiger partial charge in [-0.25, -0.2) is 0 Å². The quantitative estimate of drug-likeness (QED) is 0.0313. The Morgan fingerprint density at radius 2 is 0.481 bits per heavy atom. The van der Waals surface area contributed by atoms with Crippen molar-refractivity contribution >= 4 is 23.3 Å². The van der Waals surface area contributed by atoms with Gasteiger partial charge in [0.25, 0.3) is 0 Å². The van der Waals surface area contributed by atoms with Crippen molar-refractivity contribution in [3.05, 3.63) is 348 Å². The van der Waals surface area contributed by atoms with Gasteiger partial charge in [-0.05, 0) is 75.7 Å². The fourth-order valence-electron chi connectivity index (χ4n) is 11.4. The Morgan fingerprint density at radius 3 is 0.676 bits per heavy atom. The second-order valence-corrected chi connectivity index (χ2v) is 24.3. The zero-order valence-electron chi connectivity index (χ0n) is 64.5. The molecule has 0 amide bonds. The summed E-state index contributed by atoms with van der Waals surface area (Å²) >= 11 is 0. The summed E-state index contributed by atoms with van der Waals surface area (Å²) < 4.78 is 83.5. The third-order valence-corrected chi connectivity index (χ3v) is 16.6. The minimum absolute atomic E-state index is 0. The molecule has 0 aliphatic carbocycles. The van der Waals surface area contributed by atoms with E-state index in [4.69, 9.17) is 61.9 Å². The number of benzene rings is 10. The van der Waals surface area contributed by atoms with Crippen molar-refractivity contribution < 1.29 is 91.8 Å². The van der Waals surface area contributed by atoms with Gasteiger partial charge in [0.05, 0.1) is 73.2 Å². The van der Waals surface area contributed by atoms with Crippen LogP contribution in [0.2, 0.25) is 0 Å². The van der Waals surface area contributed by atoms with Gasteiger partial charge in [-0.1, -0.05) is 307 Å². The van der Waals surface area contributed by atoms with E-state index in [1.165, 1.54) is 14.0 Å². The zero-order valence-corrected chi connectivity index (χ0v) is 63.5. The van der Waals surface area contributed by atoms with Gasteiger partial charge in [-0.3, -0.25) is 4.79 Å². The molecule has 2 saturated heterocycles. The molecule has 0 saturated carbocycles. The van der Waals surface area contributed by atoms with Crippen molar-refractivity contribution in [2.24, 2.45) is 0 Å². The second kappa shape index (κ2) is 55.4. The molecule has 2 aliphatic rings. The maximum absolute atomic E-state index is 9.59. The fraction of sp³-hybridized carbons (Fsp3) is 0.330. The maximum Gasteiger partial charge on any atom is 1.00 e. The molecule has 1 N–H and O–H groups in total. The van der Waals surface area contributed by atoms with Crippen LogP contribution in [0.1, 0.15) is 87.5 Å². The molecule has 17 heteroatoms. The van der Waals surface area contributed by atoms with Crippen molar-refractivity contribution in [2.75, 3.05) is 40.1 Å². The first-order valence-electron chi connectivity index (χ1n) is 36.8. The Balaban J connectivity index is 0.000000393. The van der Waals surface area contributed by atoms with Gasteiger partial charge in [0.15, 0.2) is 17.4 Å². The largest absolute Gasteiger partial charge is 1.00 e. The van der Waals surface area contributed by atoms with Gasteiger partial charge in [0.2, 0.25) is 0 Å². The Bertz CT molecular complexity index is 3530. The number of carbonyl (C=O) groups is 1. The number of ether oxygens (including phenoxy) is 13. The first kappa shape index (κ1) is 90.6. The topological polar surface area (TPSA) is 157 Å². The van der Waals surface area contributed by atoms with Crippen LogP contribution in [0, 0.1) is 0 Å². The Hall–Kier alpha value is -8.04. The summed E-state index contributed by atoms with van der Waals surface area (Å²) in [5, 5.41) is 7.57. The minimum Gasteiger partial charge on any atom is -1.00 e. The number of aliphatic hydroxyl groups is 1. The predicted octanol–water partition coefficient (Wildman–Crippen LogP) is 13.8. The van der Waals surface area contributed by atoms with Crippen molar-refractivity contribution in [1.29, 1.82) is 0 Å². The predicted molar refractivity (Wildman–Crippen MR) is 428 cm³/mol. The number of esters is 1. The van der Waals surface area contributed by atoms with E-state index in [1.807, 2.05) is 234 Å². The monoisotopic (exact) mass is 1480 g/mol. The third kappa shape index (κ3) is 33.4. The number of aliphatic hydroxyl groups excluding tert-OH is 1. The van der Waals surface area contributed by atoms with Crippen LogP contribution in [0.15, 0.2) is 303 Å².